The first-order valence-corrected chi connectivity index (χ1v) is 5.43. The number of hydrogen-bond acceptors (Lipinski definition) is 4. The minimum absolute atomic E-state index is 0.182. The fraction of sp³-hybridized carbons (Fsp3) is 0.250. The van der Waals surface area contributed by atoms with Crippen LogP contribution in [0.5, 0.6) is 0 Å². The molecule has 6 nitrogen and oxygen atoms in total. The van der Waals surface area contributed by atoms with Gasteiger partial charge in [0.15, 0.2) is 6.10 Å². The van der Waals surface area contributed by atoms with E-state index >= 15 is 0 Å². The Labute approximate surface area is 108 Å². The predicted octanol–water partition coefficient (Wildman–Crippen LogP) is -0.0275. The van der Waals surface area contributed by atoms with Gasteiger partial charge in [-0.15, -0.1) is 0 Å². The lowest BCUT2D eigenvalue weighted by atomic mass is 10.2. The third-order valence-electron chi connectivity index (χ3n) is 2.22. The maximum absolute atomic E-state index is 13.2. The summed E-state index contributed by atoms with van der Waals surface area (Å²) < 4.78 is 17.8. The van der Waals surface area contributed by atoms with E-state index in [9.17, 15) is 18.8 Å². The van der Waals surface area contributed by atoms with Crippen LogP contribution in [0.4, 0.5) is 4.39 Å². The average molecular weight is 268 g/mol. The number of benzene rings is 1. The molecule has 19 heavy (non-hydrogen) atoms. The third kappa shape index (κ3) is 4.38. The largest absolute Gasteiger partial charge is 0.451 e. The molecule has 0 aliphatic heterocycles. The van der Waals surface area contributed by atoms with E-state index in [1.807, 2.05) is 0 Å². The second kappa shape index (κ2) is 6.48. The van der Waals surface area contributed by atoms with E-state index in [2.05, 4.69) is 10.1 Å². The van der Waals surface area contributed by atoms with Crippen molar-refractivity contribution in [1.29, 1.82) is 0 Å². The highest BCUT2D eigenvalue weighted by molar-refractivity contribution is 5.96. The number of primary amides is 1. The number of carbonyl (C=O) groups is 3. The van der Waals surface area contributed by atoms with Crippen LogP contribution in [0.25, 0.3) is 0 Å². The van der Waals surface area contributed by atoms with Crippen molar-refractivity contribution in [2.45, 2.75) is 13.0 Å². The van der Waals surface area contributed by atoms with E-state index in [-0.39, 0.29) is 5.56 Å². The van der Waals surface area contributed by atoms with Crippen LogP contribution in [-0.2, 0) is 14.3 Å². The Morgan fingerprint density at radius 3 is 2.58 bits per heavy atom. The second-order valence-electron chi connectivity index (χ2n) is 3.70. The normalized spacial score (nSPS) is 11.5. The number of nitrogens with one attached hydrogen (secondary N) is 1. The second-order valence-corrected chi connectivity index (χ2v) is 3.70. The Morgan fingerprint density at radius 1 is 1.37 bits per heavy atom. The topological polar surface area (TPSA) is 98.5 Å². The summed E-state index contributed by atoms with van der Waals surface area (Å²) in [7, 11) is 0. The molecule has 0 radical (unpaired) electrons. The van der Waals surface area contributed by atoms with Crippen molar-refractivity contribution >= 4 is 17.8 Å². The molecule has 3 N–H and O–H groups in total. The molecule has 0 bridgehead atoms. The van der Waals surface area contributed by atoms with Crippen LogP contribution in [0.3, 0.4) is 0 Å². The molecule has 0 fully saturated rings. The van der Waals surface area contributed by atoms with Gasteiger partial charge in [-0.2, -0.15) is 0 Å². The highest BCUT2D eigenvalue weighted by Gasteiger charge is 2.16. The molecule has 7 heteroatoms. The van der Waals surface area contributed by atoms with Crippen molar-refractivity contribution < 1.29 is 23.5 Å². The minimum Gasteiger partial charge on any atom is -0.451 e. The molecule has 0 spiro atoms. The van der Waals surface area contributed by atoms with Crippen LogP contribution in [0, 0.1) is 5.82 Å². The number of halogens is 1. The van der Waals surface area contributed by atoms with E-state index in [1.54, 1.807) is 0 Å². The highest BCUT2D eigenvalue weighted by Crippen LogP contribution is 2.05. The monoisotopic (exact) mass is 268 g/mol. The number of ether oxygens (including phenoxy) is 1. The molecule has 0 aliphatic rings. The fourth-order valence-electron chi connectivity index (χ4n) is 1.19. The van der Waals surface area contributed by atoms with Gasteiger partial charge in [-0.1, -0.05) is 12.1 Å². The Balaban J connectivity index is 2.49. The molecule has 1 aromatic rings. The van der Waals surface area contributed by atoms with Gasteiger partial charge >= 0.3 is 5.97 Å². The molecule has 0 heterocycles. The Bertz CT molecular complexity index is 504. The molecule has 1 aromatic carbocycles. The molecule has 0 saturated carbocycles. The van der Waals surface area contributed by atoms with Crippen LogP contribution in [-0.4, -0.2) is 30.4 Å². The minimum atomic E-state index is -1.09. The lowest BCUT2D eigenvalue weighted by molar-refractivity contribution is -0.152. The quantitative estimate of drug-likeness (QED) is 0.733. The van der Waals surface area contributed by atoms with Crippen molar-refractivity contribution in [2.75, 3.05) is 6.54 Å². The first-order valence-electron chi connectivity index (χ1n) is 5.43. The molecule has 0 aliphatic carbocycles. The predicted molar refractivity (Wildman–Crippen MR) is 63.5 cm³/mol. The summed E-state index contributed by atoms with van der Waals surface area (Å²) in [5.41, 5.74) is 4.72. The lowest BCUT2D eigenvalue weighted by Crippen LogP contribution is -2.36. The van der Waals surface area contributed by atoms with E-state index in [0.29, 0.717) is 0 Å². The Hall–Kier alpha value is -2.44. The lowest BCUT2D eigenvalue weighted by Gasteiger charge is -2.10. The molecule has 2 amide bonds. The van der Waals surface area contributed by atoms with Gasteiger partial charge in [-0.05, 0) is 19.1 Å². The highest BCUT2D eigenvalue weighted by atomic mass is 19.1. The van der Waals surface area contributed by atoms with Crippen LogP contribution in [0.1, 0.15) is 17.3 Å². The molecule has 0 saturated heterocycles. The summed E-state index contributed by atoms with van der Waals surface area (Å²) >= 11 is 0. The first-order chi connectivity index (χ1) is 8.91. The van der Waals surface area contributed by atoms with Gasteiger partial charge in [0.2, 0.25) is 0 Å². The molecule has 1 rings (SSSR count). The van der Waals surface area contributed by atoms with Gasteiger partial charge < -0.3 is 15.8 Å². The smallest absolute Gasteiger partial charge is 0.326 e. The Kier molecular flexibility index (Phi) is 4.99. The molecular formula is C12H13FN2O4. The summed E-state index contributed by atoms with van der Waals surface area (Å²) in [5.74, 6) is -3.08. The maximum Gasteiger partial charge on any atom is 0.326 e. The van der Waals surface area contributed by atoms with Gasteiger partial charge in [0, 0.05) is 0 Å². The van der Waals surface area contributed by atoms with Crippen molar-refractivity contribution in [1.82, 2.24) is 5.32 Å². The summed E-state index contributed by atoms with van der Waals surface area (Å²) in [6, 6.07) is 5.34. The average Bonchev–Trinajstić information content (AvgIpc) is 2.36. The van der Waals surface area contributed by atoms with E-state index in [4.69, 9.17) is 5.73 Å². The molecule has 102 valence electrons. The zero-order valence-corrected chi connectivity index (χ0v) is 10.2. The molecule has 1 unspecified atom stereocenters. The van der Waals surface area contributed by atoms with Gasteiger partial charge in [0.25, 0.3) is 11.8 Å². The first kappa shape index (κ1) is 14.6. The van der Waals surface area contributed by atoms with Gasteiger partial charge in [0.05, 0.1) is 5.56 Å². The summed E-state index contributed by atoms with van der Waals surface area (Å²) in [5, 5.41) is 2.18. The molecule has 1 atom stereocenters. The molecular weight excluding hydrogens is 255 g/mol. The number of hydrogen-bond donors (Lipinski definition) is 2. The van der Waals surface area contributed by atoms with Crippen molar-refractivity contribution in [2.24, 2.45) is 5.73 Å². The van der Waals surface area contributed by atoms with Gasteiger partial charge in [0.1, 0.15) is 12.4 Å². The van der Waals surface area contributed by atoms with Crippen molar-refractivity contribution in [3.63, 3.8) is 0 Å². The number of nitrogens with two attached hydrogens (primary N) is 1. The SMILES string of the molecule is CC(OC(=O)CNC(=O)c1ccccc1F)C(N)=O. The number of rotatable bonds is 5. The van der Waals surface area contributed by atoms with Crippen molar-refractivity contribution in [3.05, 3.63) is 35.6 Å². The van der Waals surface area contributed by atoms with Gasteiger partial charge in [-0.25, -0.2) is 4.39 Å². The zero-order valence-electron chi connectivity index (χ0n) is 10.2. The van der Waals surface area contributed by atoms with E-state index in [0.717, 1.165) is 6.07 Å². The van der Waals surface area contributed by atoms with E-state index < -0.39 is 36.2 Å². The van der Waals surface area contributed by atoms with E-state index in [1.165, 1.54) is 25.1 Å². The zero-order chi connectivity index (χ0) is 14.4. The summed E-state index contributed by atoms with van der Waals surface area (Å²) in [4.78, 5) is 33.4. The van der Waals surface area contributed by atoms with Crippen LogP contribution >= 0.6 is 0 Å². The number of esters is 1. The van der Waals surface area contributed by atoms with Crippen LogP contribution < -0.4 is 11.1 Å². The van der Waals surface area contributed by atoms with Crippen LogP contribution in [0.2, 0.25) is 0 Å². The Morgan fingerprint density at radius 2 is 2.00 bits per heavy atom. The molecule has 0 aromatic heterocycles. The fourth-order valence-corrected chi connectivity index (χ4v) is 1.19. The standard InChI is InChI=1S/C12H13FN2O4/c1-7(11(14)17)19-10(16)6-15-12(18)8-4-2-3-5-9(8)13/h2-5,7H,6H2,1H3,(H2,14,17)(H,15,18). The summed E-state index contributed by atoms with van der Waals surface area (Å²) in [6.07, 6.45) is -1.09. The van der Waals surface area contributed by atoms with Crippen LogP contribution in [0.15, 0.2) is 24.3 Å². The maximum atomic E-state index is 13.2. The third-order valence-corrected chi connectivity index (χ3v) is 2.22. The summed E-state index contributed by atoms with van der Waals surface area (Å²) in [6.45, 7) is 0.823. The number of amides is 2. The van der Waals surface area contributed by atoms with Gasteiger partial charge in [-0.3, -0.25) is 14.4 Å². The van der Waals surface area contributed by atoms with Crippen molar-refractivity contribution in [3.8, 4) is 0 Å². The number of carbonyl (C=O) groups excluding carboxylic acids is 3.